The number of aromatic nitrogens is 6. The summed E-state index contributed by atoms with van der Waals surface area (Å²) in [6, 6.07) is -0.685. The number of aryl methyl sites for hydroxylation is 1. The minimum atomic E-state index is -0.780. The Kier molecular flexibility index (Phi) is 2.16. The van der Waals surface area contributed by atoms with Gasteiger partial charge in [0.25, 0.3) is 0 Å². The fraction of sp³-hybridized carbons (Fsp3) is 0.167. The Hall–Kier alpha value is -2.65. The maximum Gasteiger partial charge on any atom is 0.491 e. The van der Waals surface area contributed by atoms with Crippen LogP contribution in [-0.2, 0) is 0 Å². The molecule has 0 aliphatic carbocycles. The fourth-order valence-corrected chi connectivity index (χ4v) is 1.04. The van der Waals surface area contributed by atoms with Gasteiger partial charge in [0.1, 0.15) is 12.7 Å². The van der Waals surface area contributed by atoms with Crippen molar-refractivity contribution in [2.24, 2.45) is 0 Å². The molecule has 10 nitrogen and oxygen atoms in total. The van der Waals surface area contributed by atoms with Crippen LogP contribution in [0.5, 0.6) is 0 Å². The van der Waals surface area contributed by atoms with Gasteiger partial charge >= 0.3 is 12.0 Å². The van der Waals surface area contributed by atoms with Crippen molar-refractivity contribution >= 4 is 12.0 Å². The summed E-state index contributed by atoms with van der Waals surface area (Å²) in [5.74, 6) is -0.529. The van der Waals surface area contributed by atoms with Crippen LogP contribution >= 0.6 is 0 Å². The molecule has 0 atom stereocenters. The second-order valence-electron chi connectivity index (χ2n) is 2.75. The van der Waals surface area contributed by atoms with Crippen LogP contribution in [0.25, 0.3) is 0 Å². The van der Waals surface area contributed by atoms with E-state index in [0.717, 1.165) is 15.7 Å². The van der Waals surface area contributed by atoms with E-state index < -0.39 is 16.9 Å². The Labute approximate surface area is 87.7 Å². The number of hydrogen-bond acceptors (Lipinski definition) is 7. The van der Waals surface area contributed by atoms with Crippen LogP contribution in [0.1, 0.15) is 5.82 Å². The van der Waals surface area contributed by atoms with Gasteiger partial charge in [-0.05, 0) is 9.91 Å². The van der Waals surface area contributed by atoms with E-state index in [1.807, 2.05) is 0 Å². The lowest BCUT2D eigenvalue weighted by atomic mass is 10.7. The molecule has 0 saturated carbocycles. The highest BCUT2D eigenvalue weighted by molar-refractivity contribution is 5.77. The van der Waals surface area contributed by atoms with Crippen LogP contribution in [0.2, 0.25) is 0 Å². The van der Waals surface area contributed by atoms with E-state index in [0.29, 0.717) is 0 Å². The van der Waals surface area contributed by atoms with Crippen LogP contribution in [0.3, 0.4) is 0 Å². The van der Waals surface area contributed by atoms with Crippen molar-refractivity contribution in [3.8, 4) is 0 Å². The molecule has 2 heterocycles. The van der Waals surface area contributed by atoms with Gasteiger partial charge in [-0.25, -0.2) is 9.78 Å². The van der Waals surface area contributed by atoms with Gasteiger partial charge in [0.05, 0.1) is 0 Å². The van der Waals surface area contributed by atoms with Crippen molar-refractivity contribution in [3.63, 3.8) is 0 Å². The molecule has 0 amide bonds. The number of carbonyl (C=O) groups is 1. The van der Waals surface area contributed by atoms with E-state index in [9.17, 15) is 14.9 Å². The Balaban J connectivity index is 2.41. The Bertz CT molecular complexity index is 542. The predicted molar refractivity (Wildman–Crippen MR) is 47.6 cm³/mol. The quantitative estimate of drug-likeness (QED) is 0.476. The van der Waals surface area contributed by atoms with Crippen molar-refractivity contribution in [3.05, 3.63) is 28.6 Å². The molecule has 0 aliphatic rings. The van der Waals surface area contributed by atoms with Crippen LogP contribution < -0.4 is 0 Å². The second-order valence-corrected chi connectivity index (χ2v) is 2.75. The van der Waals surface area contributed by atoms with Crippen molar-refractivity contribution < 1.29 is 9.72 Å². The van der Waals surface area contributed by atoms with Crippen LogP contribution in [0, 0.1) is 17.0 Å². The molecule has 0 radical (unpaired) electrons. The van der Waals surface area contributed by atoms with E-state index in [1.165, 1.54) is 13.3 Å². The second kappa shape index (κ2) is 3.49. The first-order valence-electron chi connectivity index (χ1n) is 4.07. The highest BCUT2D eigenvalue weighted by atomic mass is 16.6. The molecule has 16 heavy (non-hydrogen) atoms. The van der Waals surface area contributed by atoms with Gasteiger partial charge < -0.3 is 10.1 Å². The lowest BCUT2D eigenvalue weighted by Crippen LogP contribution is -2.22. The maximum absolute atomic E-state index is 11.7. The number of nitro groups is 1. The van der Waals surface area contributed by atoms with Crippen molar-refractivity contribution in [2.75, 3.05) is 0 Å². The molecular formula is C6H5N7O3. The molecule has 0 unspecified atom stereocenters. The predicted octanol–water partition coefficient (Wildman–Crippen LogP) is -0.397. The summed E-state index contributed by atoms with van der Waals surface area (Å²) < 4.78 is 1.68. The molecule has 0 spiro atoms. The van der Waals surface area contributed by atoms with Crippen LogP contribution in [0.4, 0.5) is 10.7 Å². The van der Waals surface area contributed by atoms with Gasteiger partial charge in [-0.2, -0.15) is 9.78 Å². The third-order valence-corrected chi connectivity index (χ3v) is 1.72. The van der Waals surface area contributed by atoms with Crippen LogP contribution in [0.15, 0.2) is 12.7 Å². The molecule has 82 valence electrons. The molecule has 10 heteroatoms. The normalized spacial score (nSPS) is 10.3. The zero-order valence-corrected chi connectivity index (χ0v) is 8.01. The topological polar surface area (TPSA) is 122 Å². The summed E-state index contributed by atoms with van der Waals surface area (Å²) in [5.41, 5.74) is 0. The van der Waals surface area contributed by atoms with E-state index >= 15 is 0 Å². The highest BCUT2D eigenvalue weighted by Gasteiger charge is 2.24. The summed E-state index contributed by atoms with van der Waals surface area (Å²) in [7, 11) is 0. The zero-order chi connectivity index (χ0) is 11.7. The van der Waals surface area contributed by atoms with Gasteiger partial charge in [-0.1, -0.05) is 4.68 Å². The summed E-state index contributed by atoms with van der Waals surface area (Å²) >= 11 is 0. The molecule has 0 aliphatic heterocycles. The first-order valence-corrected chi connectivity index (χ1v) is 4.07. The number of hydrogen-bond donors (Lipinski definition) is 0. The molecular weight excluding hydrogens is 218 g/mol. The zero-order valence-electron chi connectivity index (χ0n) is 8.01. The van der Waals surface area contributed by atoms with Crippen molar-refractivity contribution in [1.29, 1.82) is 0 Å². The molecule has 2 aromatic rings. The molecule has 2 rings (SSSR count). The van der Waals surface area contributed by atoms with Gasteiger partial charge in [0, 0.05) is 12.0 Å². The summed E-state index contributed by atoms with van der Waals surface area (Å²) in [5, 5.41) is 17.4. The Morgan fingerprint density at radius 3 is 2.81 bits per heavy atom. The Morgan fingerprint density at radius 1 is 1.56 bits per heavy atom. The van der Waals surface area contributed by atoms with Crippen LogP contribution in [-0.4, -0.2) is 40.5 Å². The lowest BCUT2D eigenvalue weighted by Gasteiger charge is -1.94. The molecule has 2 aromatic heterocycles. The van der Waals surface area contributed by atoms with E-state index in [2.05, 4.69) is 20.2 Å². The van der Waals surface area contributed by atoms with Gasteiger partial charge in [-0.15, -0.1) is 0 Å². The highest BCUT2D eigenvalue weighted by Crippen LogP contribution is 2.05. The van der Waals surface area contributed by atoms with Gasteiger partial charge in [0.15, 0.2) is 0 Å². The average Bonchev–Trinajstić information content (AvgIpc) is 2.84. The molecule has 0 aromatic carbocycles. The Morgan fingerprint density at radius 2 is 2.31 bits per heavy atom. The third kappa shape index (κ3) is 1.51. The third-order valence-electron chi connectivity index (χ3n) is 1.72. The summed E-state index contributed by atoms with van der Waals surface area (Å²) in [6.07, 6.45) is 2.33. The van der Waals surface area contributed by atoms with E-state index in [4.69, 9.17) is 0 Å². The molecule has 0 N–H and O–H groups in total. The monoisotopic (exact) mass is 223 g/mol. The molecule has 0 fully saturated rings. The largest absolute Gasteiger partial charge is 0.491 e. The minimum Gasteiger partial charge on any atom is -0.390 e. The minimum absolute atomic E-state index is 0.104. The SMILES string of the molecule is Cc1nc([N+](=O)[O-])nn1C(=O)n1cncn1. The van der Waals surface area contributed by atoms with Crippen molar-refractivity contribution in [2.45, 2.75) is 6.92 Å². The number of nitrogens with zero attached hydrogens (tertiary/aromatic N) is 7. The number of carbonyl (C=O) groups excluding carboxylic acids is 1. The van der Waals surface area contributed by atoms with E-state index in [-0.39, 0.29) is 5.82 Å². The smallest absolute Gasteiger partial charge is 0.390 e. The summed E-state index contributed by atoms with van der Waals surface area (Å²) in [6.45, 7) is 1.43. The first-order chi connectivity index (χ1) is 7.59. The van der Waals surface area contributed by atoms with Gasteiger partial charge in [-0.3, -0.25) is 0 Å². The first kappa shape index (κ1) is 9.89. The standard InChI is InChI=1S/C6H5N7O3/c1-4-9-5(13(15)16)10-12(4)6(14)11-3-7-2-8-11/h2-3H,1H3. The van der Waals surface area contributed by atoms with E-state index in [1.54, 1.807) is 0 Å². The lowest BCUT2D eigenvalue weighted by molar-refractivity contribution is -0.394. The van der Waals surface area contributed by atoms with Gasteiger partial charge in [0.2, 0.25) is 5.82 Å². The van der Waals surface area contributed by atoms with Crippen molar-refractivity contribution in [1.82, 2.24) is 29.5 Å². The fourth-order valence-electron chi connectivity index (χ4n) is 1.04. The average molecular weight is 223 g/mol. The maximum atomic E-state index is 11.7. The number of rotatable bonds is 1. The molecule has 0 bridgehead atoms. The summed E-state index contributed by atoms with van der Waals surface area (Å²) in [4.78, 5) is 28.4. The molecule has 0 saturated heterocycles.